The molecule has 2 aromatic heterocycles. The Morgan fingerprint density at radius 3 is 2.27 bits per heavy atom. The molecule has 9 heteroatoms. The molecule has 9 nitrogen and oxygen atoms in total. The molecular weight excluding hydrogens is 566 g/mol. The number of carboxylic acid groups (broad SMARTS) is 1. The van der Waals surface area contributed by atoms with Crippen molar-refractivity contribution < 1.29 is 19.4 Å². The Morgan fingerprint density at radius 1 is 0.956 bits per heavy atom. The number of aromatic nitrogens is 5. The van der Waals surface area contributed by atoms with Crippen molar-refractivity contribution in [3.63, 3.8) is 0 Å². The van der Waals surface area contributed by atoms with Crippen LogP contribution in [-0.4, -0.2) is 42.2 Å². The Morgan fingerprint density at radius 2 is 1.62 bits per heavy atom. The Bertz CT molecular complexity index is 1880. The lowest BCUT2D eigenvalue weighted by molar-refractivity contribution is -0.169. The summed E-state index contributed by atoms with van der Waals surface area (Å²) in [4.78, 5) is 31.5. The number of benzene rings is 3. The maximum Gasteiger partial charge on any atom is 0.336 e. The van der Waals surface area contributed by atoms with E-state index in [2.05, 4.69) is 15.4 Å². The van der Waals surface area contributed by atoms with Crippen LogP contribution in [0.5, 0.6) is 0 Å². The zero-order valence-electron chi connectivity index (χ0n) is 26.2. The van der Waals surface area contributed by atoms with Crippen molar-refractivity contribution in [1.29, 1.82) is 0 Å². The van der Waals surface area contributed by atoms with E-state index in [1.807, 2.05) is 107 Å². The Hall–Kier alpha value is -4.92. The Balaban J connectivity index is 1.30. The average molecular weight is 604 g/mol. The van der Waals surface area contributed by atoms with Crippen molar-refractivity contribution in [2.75, 3.05) is 0 Å². The lowest BCUT2D eigenvalue weighted by atomic mass is 9.92. The maximum absolute atomic E-state index is 12.6. The number of carboxylic acids is 1. The van der Waals surface area contributed by atoms with E-state index in [-0.39, 0.29) is 11.9 Å². The summed E-state index contributed by atoms with van der Waals surface area (Å²) in [6.45, 7) is 9.32. The first-order chi connectivity index (χ1) is 21.5. The van der Waals surface area contributed by atoms with Gasteiger partial charge in [0.2, 0.25) is 12.1 Å². The van der Waals surface area contributed by atoms with Gasteiger partial charge < -0.3 is 9.84 Å². The third kappa shape index (κ3) is 6.20. The summed E-state index contributed by atoms with van der Waals surface area (Å²) in [6.07, 6.45) is 1.85. The van der Waals surface area contributed by atoms with Crippen LogP contribution in [0.15, 0.2) is 72.8 Å². The second-order valence-corrected chi connectivity index (χ2v) is 13.1. The molecule has 0 saturated heterocycles. The van der Waals surface area contributed by atoms with Crippen LogP contribution in [0.1, 0.15) is 86.8 Å². The minimum atomic E-state index is -0.926. The molecule has 1 fully saturated rings. The predicted molar refractivity (Wildman–Crippen MR) is 172 cm³/mol. The Kier molecular flexibility index (Phi) is 7.95. The minimum absolute atomic E-state index is 0.0685. The number of para-hydroxylation sites is 1. The first-order valence-electron chi connectivity index (χ1n) is 15.4. The monoisotopic (exact) mass is 603 g/mol. The number of hydrogen-bond acceptors (Lipinski definition) is 7. The number of esters is 1. The van der Waals surface area contributed by atoms with Crippen LogP contribution in [0.25, 0.3) is 33.4 Å². The molecular formula is C36H37N5O4. The van der Waals surface area contributed by atoms with Gasteiger partial charge in [-0.15, -0.1) is 15.0 Å². The van der Waals surface area contributed by atoms with Crippen LogP contribution in [0.2, 0.25) is 0 Å². The highest BCUT2D eigenvalue weighted by atomic mass is 16.6. The SMILES string of the molecule is CC(C)C(OC(=O)C(C)(C)C)n1nnc(-c2ccccc2-c2ccc(Cc3c(C4CC4)nc4ccccc4c3C(=O)O)cc2)n1. The fourth-order valence-electron chi connectivity index (χ4n) is 5.50. The molecule has 1 unspecified atom stereocenters. The van der Waals surface area contributed by atoms with E-state index in [9.17, 15) is 14.7 Å². The highest BCUT2D eigenvalue weighted by Gasteiger charge is 2.32. The summed E-state index contributed by atoms with van der Waals surface area (Å²) < 4.78 is 5.78. The van der Waals surface area contributed by atoms with Crippen LogP contribution in [0, 0.1) is 11.3 Å². The lowest BCUT2D eigenvalue weighted by Crippen LogP contribution is -2.30. The molecule has 6 rings (SSSR count). The van der Waals surface area contributed by atoms with Crippen LogP contribution in [0.3, 0.4) is 0 Å². The second-order valence-electron chi connectivity index (χ2n) is 13.1. The standard InChI is InChI=1S/C36H37N5O4/c1-21(2)33(45-35(44)36(3,4)5)41-39-32(38-40-41)26-11-7-6-10-25(26)23-16-14-22(15-17-23)20-28-30(34(42)43)27-12-8-9-13-29(27)37-31(28)24-18-19-24/h6-17,21,24,33H,18-20H2,1-5H3,(H,42,43). The van der Waals surface area contributed by atoms with Gasteiger partial charge in [0.25, 0.3) is 0 Å². The highest BCUT2D eigenvalue weighted by molar-refractivity contribution is 6.04. The molecule has 0 bridgehead atoms. The van der Waals surface area contributed by atoms with Gasteiger partial charge in [-0.3, -0.25) is 9.78 Å². The quantitative estimate of drug-likeness (QED) is 0.172. The number of pyridine rings is 1. The number of carbonyl (C=O) groups excluding carboxylic acids is 1. The number of tetrazole rings is 1. The molecule has 1 N–H and O–H groups in total. The molecule has 0 amide bonds. The van der Waals surface area contributed by atoms with E-state index in [1.165, 1.54) is 4.80 Å². The van der Waals surface area contributed by atoms with E-state index in [0.717, 1.165) is 51.9 Å². The smallest absolute Gasteiger partial charge is 0.336 e. The fraction of sp³-hybridized carbons (Fsp3) is 0.333. The molecule has 5 aromatic rings. The summed E-state index contributed by atoms with van der Waals surface area (Å²) in [5, 5.41) is 24.2. The number of ether oxygens (including phenoxy) is 1. The van der Waals surface area contributed by atoms with E-state index >= 15 is 0 Å². The van der Waals surface area contributed by atoms with Crippen LogP contribution in [-0.2, 0) is 16.0 Å². The van der Waals surface area contributed by atoms with E-state index < -0.39 is 17.6 Å². The first-order valence-corrected chi connectivity index (χ1v) is 15.4. The number of nitrogens with zero attached hydrogens (tertiary/aromatic N) is 5. The molecule has 1 saturated carbocycles. The molecule has 0 aliphatic heterocycles. The van der Waals surface area contributed by atoms with E-state index in [4.69, 9.17) is 9.72 Å². The van der Waals surface area contributed by atoms with Crippen LogP contribution >= 0.6 is 0 Å². The molecule has 1 aliphatic rings. The summed E-state index contributed by atoms with van der Waals surface area (Å²) in [5.41, 5.74) is 5.80. The van der Waals surface area contributed by atoms with Crippen LogP contribution in [0.4, 0.5) is 0 Å². The van der Waals surface area contributed by atoms with Gasteiger partial charge in [0, 0.05) is 34.9 Å². The van der Waals surface area contributed by atoms with Gasteiger partial charge >= 0.3 is 11.9 Å². The van der Waals surface area contributed by atoms with Gasteiger partial charge in [0.15, 0.2) is 0 Å². The molecule has 1 aliphatic carbocycles. The van der Waals surface area contributed by atoms with Crippen molar-refractivity contribution in [2.45, 2.75) is 66.0 Å². The van der Waals surface area contributed by atoms with Crippen molar-refractivity contribution in [3.8, 4) is 22.5 Å². The zero-order chi connectivity index (χ0) is 31.9. The first kappa shape index (κ1) is 30.1. The summed E-state index contributed by atoms with van der Waals surface area (Å²) in [6, 6.07) is 23.5. The molecule has 1 atom stereocenters. The summed E-state index contributed by atoms with van der Waals surface area (Å²) >= 11 is 0. The molecule has 3 aromatic carbocycles. The number of rotatable bonds is 9. The predicted octanol–water partition coefficient (Wildman–Crippen LogP) is 7.47. The van der Waals surface area contributed by atoms with Gasteiger partial charge in [0.05, 0.1) is 16.5 Å². The maximum atomic E-state index is 12.6. The minimum Gasteiger partial charge on any atom is -0.478 e. The molecule has 0 radical (unpaired) electrons. The molecule has 0 spiro atoms. The van der Waals surface area contributed by atoms with Crippen molar-refractivity contribution >= 4 is 22.8 Å². The zero-order valence-corrected chi connectivity index (χ0v) is 26.2. The second kappa shape index (κ2) is 11.9. The van der Waals surface area contributed by atoms with Gasteiger partial charge in [-0.25, -0.2) is 4.79 Å². The lowest BCUT2D eigenvalue weighted by Gasteiger charge is -2.24. The van der Waals surface area contributed by atoms with Crippen molar-refractivity contribution in [1.82, 2.24) is 25.2 Å². The largest absolute Gasteiger partial charge is 0.478 e. The molecule has 45 heavy (non-hydrogen) atoms. The van der Waals surface area contributed by atoms with E-state index in [1.54, 1.807) is 0 Å². The van der Waals surface area contributed by atoms with Crippen molar-refractivity contribution in [3.05, 3.63) is 95.2 Å². The van der Waals surface area contributed by atoms with Crippen molar-refractivity contribution in [2.24, 2.45) is 11.3 Å². The number of carbonyl (C=O) groups is 2. The molecule has 2 heterocycles. The molecule has 230 valence electrons. The topological polar surface area (TPSA) is 120 Å². The average Bonchev–Trinajstić information content (AvgIpc) is 3.75. The number of aromatic carboxylic acids is 1. The summed E-state index contributed by atoms with van der Waals surface area (Å²) in [7, 11) is 0. The van der Waals surface area contributed by atoms with Gasteiger partial charge in [0.1, 0.15) is 0 Å². The van der Waals surface area contributed by atoms with Gasteiger partial charge in [-0.05, 0) is 67.1 Å². The normalized spacial score (nSPS) is 14.1. The summed E-state index contributed by atoms with van der Waals surface area (Å²) in [5.74, 6) is -0.596. The third-order valence-electron chi connectivity index (χ3n) is 8.08. The fourth-order valence-corrected chi connectivity index (χ4v) is 5.50. The Labute approximate surface area is 262 Å². The number of hydrogen-bond donors (Lipinski definition) is 1. The highest BCUT2D eigenvalue weighted by Crippen LogP contribution is 2.43. The van der Waals surface area contributed by atoms with E-state index in [0.29, 0.717) is 29.1 Å². The van der Waals surface area contributed by atoms with Gasteiger partial charge in [-0.1, -0.05) is 80.6 Å². The number of fused-ring (bicyclic) bond motifs is 1. The van der Waals surface area contributed by atoms with Gasteiger partial charge in [-0.2, -0.15) is 0 Å². The van der Waals surface area contributed by atoms with Crippen LogP contribution < -0.4 is 0 Å². The third-order valence-corrected chi connectivity index (χ3v) is 8.08.